The van der Waals surface area contributed by atoms with Gasteiger partial charge in [-0.2, -0.15) is 0 Å². The number of carbonyl (C=O) groups is 1. The zero-order chi connectivity index (χ0) is 24.1. The molecule has 2 fully saturated rings. The van der Waals surface area contributed by atoms with Gasteiger partial charge in [-0.15, -0.1) is 10.2 Å². The largest absolute Gasteiger partial charge is 0.490 e. The second kappa shape index (κ2) is 10.6. The third kappa shape index (κ3) is 6.18. The number of rotatable bonds is 6. The number of hydrogen-bond acceptors (Lipinski definition) is 8. The van der Waals surface area contributed by atoms with E-state index in [1.165, 1.54) is 6.26 Å². The van der Waals surface area contributed by atoms with Crippen LogP contribution in [0.1, 0.15) is 48.8 Å². The quantitative estimate of drug-likeness (QED) is 0.624. The molecule has 0 aliphatic carbocycles. The normalized spacial score (nSPS) is 18.6. The number of carbonyl (C=O) groups excluding carboxylic acids is 1. The van der Waals surface area contributed by atoms with E-state index in [9.17, 15) is 13.2 Å². The molecule has 2 aliphatic heterocycles. The van der Waals surface area contributed by atoms with Crippen LogP contribution in [0.25, 0.3) is 0 Å². The molecule has 10 heteroatoms. The molecule has 0 unspecified atom stereocenters. The molecule has 4 rings (SSSR count). The summed E-state index contributed by atoms with van der Waals surface area (Å²) in [6.45, 7) is 5.03. The lowest BCUT2D eigenvalue weighted by atomic mass is 10.1. The fourth-order valence-electron chi connectivity index (χ4n) is 4.21. The maximum Gasteiger partial charge on any atom is 0.274 e. The maximum atomic E-state index is 12.9. The van der Waals surface area contributed by atoms with Crippen LogP contribution in [-0.4, -0.2) is 79.7 Å². The zero-order valence-electron chi connectivity index (χ0n) is 19.6. The highest BCUT2D eigenvalue weighted by atomic mass is 32.2. The first-order valence-electron chi connectivity index (χ1n) is 11.6. The lowest BCUT2D eigenvalue weighted by Gasteiger charge is -2.32. The molecular weight excluding hydrogens is 454 g/mol. The van der Waals surface area contributed by atoms with Crippen molar-refractivity contribution in [1.82, 2.24) is 20.4 Å². The number of amides is 1. The molecule has 0 saturated carbocycles. The molecule has 1 N–H and O–H groups in total. The van der Waals surface area contributed by atoms with Crippen molar-refractivity contribution in [2.75, 3.05) is 32.4 Å². The van der Waals surface area contributed by atoms with E-state index in [1.54, 1.807) is 35.2 Å². The van der Waals surface area contributed by atoms with Crippen LogP contribution in [0.15, 0.2) is 46.3 Å². The standard InChI is InChI=1S/C24H31N5O4S/c1-17(26-18-9-13-25-14-10-18)22-7-8-23(28-27-22)24(30)29-15-11-20(12-16-29)33-19-3-5-21(6-4-19)34(2,31)32/h3-8,18,20,25H,9-16H2,1-2H3. The van der Waals surface area contributed by atoms with Crippen molar-refractivity contribution in [2.24, 2.45) is 4.99 Å². The van der Waals surface area contributed by atoms with Gasteiger partial charge in [0.25, 0.3) is 5.91 Å². The van der Waals surface area contributed by atoms with Crippen molar-refractivity contribution in [3.05, 3.63) is 47.8 Å². The average Bonchev–Trinajstić information content (AvgIpc) is 2.84. The van der Waals surface area contributed by atoms with E-state index in [-0.39, 0.29) is 16.9 Å². The van der Waals surface area contributed by atoms with E-state index in [0.717, 1.165) is 31.6 Å². The van der Waals surface area contributed by atoms with Crippen LogP contribution >= 0.6 is 0 Å². The highest BCUT2D eigenvalue weighted by molar-refractivity contribution is 7.90. The van der Waals surface area contributed by atoms with Gasteiger partial charge in [-0.25, -0.2) is 8.42 Å². The van der Waals surface area contributed by atoms with E-state index in [4.69, 9.17) is 9.73 Å². The van der Waals surface area contributed by atoms with Gasteiger partial charge in [-0.05, 0) is 69.3 Å². The molecule has 34 heavy (non-hydrogen) atoms. The van der Waals surface area contributed by atoms with Crippen LogP contribution in [0.3, 0.4) is 0 Å². The van der Waals surface area contributed by atoms with Gasteiger partial charge in [0.05, 0.1) is 16.6 Å². The Balaban J connectivity index is 1.29. The number of nitrogens with one attached hydrogen (secondary N) is 1. The van der Waals surface area contributed by atoms with E-state index in [0.29, 0.717) is 49.1 Å². The maximum absolute atomic E-state index is 12.9. The first kappa shape index (κ1) is 24.3. The molecule has 1 aromatic heterocycles. The summed E-state index contributed by atoms with van der Waals surface area (Å²) < 4.78 is 29.2. The van der Waals surface area contributed by atoms with Crippen molar-refractivity contribution >= 4 is 21.5 Å². The molecule has 1 aromatic carbocycles. The summed E-state index contributed by atoms with van der Waals surface area (Å²) in [7, 11) is -3.23. The highest BCUT2D eigenvalue weighted by Crippen LogP contribution is 2.22. The molecular formula is C24H31N5O4S. The van der Waals surface area contributed by atoms with E-state index in [2.05, 4.69) is 15.5 Å². The van der Waals surface area contributed by atoms with Crippen LogP contribution < -0.4 is 10.1 Å². The van der Waals surface area contributed by atoms with Gasteiger partial charge in [0.2, 0.25) is 0 Å². The molecule has 0 bridgehead atoms. The van der Waals surface area contributed by atoms with E-state index < -0.39 is 9.84 Å². The monoisotopic (exact) mass is 485 g/mol. The van der Waals surface area contributed by atoms with Crippen molar-refractivity contribution in [2.45, 2.75) is 49.6 Å². The summed E-state index contributed by atoms with van der Waals surface area (Å²) >= 11 is 0. The fraction of sp³-hybridized carbons (Fsp3) is 0.500. The smallest absolute Gasteiger partial charge is 0.274 e. The minimum Gasteiger partial charge on any atom is -0.490 e. The summed E-state index contributed by atoms with van der Waals surface area (Å²) in [4.78, 5) is 19.7. The molecule has 3 heterocycles. The third-order valence-electron chi connectivity index (χ3n) is 6.22. The highest BCUT2D eigenvalue weighted by Gasteiger charge is 2.26. The summed E-state index contributed by atoms with van der Waals surface area (Å²) in [6, 6.07) is 10.3. The number of ether oxygens (including phenoxy) is 1. The minimum absolute atomic E-state index is 0.0320. The number of likely N-dealkylation sites (tertiary alicyclic amines) is 1. The number of hydrogen-bond donors (Lipinski definition) is 1. The number of nitrogens with zero attached hydrogens (tertiary/aromatic N) is 4. The number of benzene rings is 1. The van der Waals surface area contributed by atoms with Crippen molar-refractivity contribution < 1.29 is 17.9 Å². The van der Waals surface area contributed by atoms with Gasteiger partial charge >= 0.3 is 0 Å². The molecule has 182 valence electrons. The van der Waals surface area contributed by atoms with Gasteiger partial charge in [0.1, 0.15) is 17.5 Å². The number of aliphatic imine (C=N–C) groups is 1. The first-order valence-corrected chi connectivity index (χ1v) is 13.5. The summed E-state index contributed by atoms with van der Waals surface area (Å²) in [5.41, 5.74) is 1.87. The van der Waals surface area contributed by atoms with Crippen molar-refractivity contribution in [1.29, 1.82) is 0 Å². The Kier molecular flexibility index (Phi) is 7.57. The van der Waals surface area contributed by atoms with Crippen molar-refractivity contribution in [3.8, 4) is 5.75 Å². The molecule has 2 aliphatic rings. The lowest BCUT2D eigenvalue weighted by molar-refractivity contribution is 0.0589. The average molecular weight is 486 g/mol. The summed E-state index contributed by atoms with van der Waals surface area (Å²) in [5, 5.41) is 11.7. The molecule has 0 spiro atoms. The second-order valence-corrected chi connectivity index (χ2v) is 10.9. The van der Waals surface area contributed by atoms with Gasteiger partial charge in [0.15, 0.2) is 15.5 Å². The summed E-state index contributed by atoms with van der Waals surface area (Å²) in [6.07, 6.45) is 4.56. The topological polar surface area (TPSA) is 114 Å². The van der Waals surface area contributed by atoms with Crippen molar-refractivity contribution in [3.63, 3.8) is 0 Å². The van der Waals surface area contributed by atoms with E-state index >= 15 is 0 Å². The van der Waals surface area contributed by atoms with E-state index in [1.807, 2.05) is 13.0 Å². The van der Waals surface area contributed by atoms with Crippen LogP contribution in [0.5, 0.6) is 5.75 Å². The second-order valence-electron chi connectivity index (χ2n) is 8.85. The van der Waals surface area contributed by atoms with Crippen LogP contribution in [0, 0.1) is 0 Å². The minimum atomic E-state index is -3.23. The Labute approximate surface area is 200 Å². The van der Waals surface area contributed by atoms with Crippen LogP contribution in [0.4, 0.5) is 0 Å². The number of piperidine rings is 2. The first-order chi connectivity index (χ1) is 16.3. The molecule has 0 atom stereocenters. The van der Waals surface area contributed by atoms with Crippen LogP contribution in [-0.2, 0) is 9.84 Å². The lowest BCUT2D eigenvalue weighted by Crippen LogP contribution is -2.42. The van der Waals surface area contributed by atoms with Gasteiger partial charge in [-0.3, -0.25) is 9.79 Å². The third-order valence-corrected chi connectivity index (χ3v) is 7.35. The Bertz CT molecular complexity index is 1120. The fourth-order valence-corrected chi connectivity index (χ4v) is 4.84. The Morgan fingerprint density at radius 2 is 1.62 bits per heavy atom. The van der Waals surface area contributed by atoms with Gasteiger partial charge in [0, 0.05) is 32.2 Å². The Morgan fingerprint density at radius 1 is 1.00 bits per heavy atom. The van der Waals surface area contributed by atoms with Crippen LogP contribution in [0.2, 0.25) is 0 Å². The predicted molar refractivity (Wildman–Crippen MR) is 129 cm³/mol. The molecule has 0 radical (unpaired) electrons. The summed E-state index contributed by atoms with van der Waals surface area (Å²) in [5.74, 6) is 0.489. The Hall–Kier alpha value is -2.85. The molecule has 1 amide bonds. The number of aromatic nitrogens is 2. The predicted octanol–water partition coefficient (Wildman–Crippen LogP) is 2.12. The Morgan fingerprint density at radius 3 is 2.21 bits per heavy atom. The van der Waals surface area contributed by atoms with Gasteiger partial charge in [-0.1, -0.05) is 0 Å². The molecule has 2 aromatic rings. The SMILES string of the molecule is CC(=NC1CCNCC1)c1ccc(C(=O)N2CCC(Oc3ccc(S(C)(=O)=O)cc3)CC2)nn1. The number of sulfone groups is 1. The molecule has 9 nitrogen and oxygen atoms in total. The zero-order valence-corrected chi connectivity index (χ0v) is 20.4. The molecule has 2 saturated heterocycles. The van der Waals surface area contributed by atoms with Gasteiger partial charge < -0.3 is 15.0 Å².